The minimum atomic E-state index is -0.704. The molecule has 0 bridgehead atoms. The monoisotopic (exact) mass is 231 g/mol. The smallest absolute Gasteiger partial charge is 0.166 e. The lowest BCUT2D eigenvalue weighted by molar-refractivity contribution is 0.414. The molecule has 2 nitrogen and oxygen atoms in total. The average Bonchev–Trinajstić information content (AvgIpc) is 2.08. The Morgan fingerprint density at radius 1 is 1.53 bits per heavy atom. The molecule has 1 rings (SSSR count). The van der Waals surface area contributed by atoms with Gasteiger partial charge < -0.3 is 10.8 Å². The number of benzene rings is 1. The SMILES string of the molecule is Cc1c(Cl)cc(F)c(O)c1CC(C)(C)N. The summed E-state index contributed by atoms with van der Waals surface area (Å²) in [5.74, 6) is -1.06. The molecule has 0 aliphatic heterocycles. The van der Waals surface area contributed by atoms with Crippen molar-refractivity contribution in [1.29, 1.82) is 0 Å². The Kier molecular flexibility index (Phi) is 3.26. The molecule has 0 unspecified atom stereocenters. The van der Waals surface area contributed by atoms with Crippen molar-refractivity contribution in [3.63, 3.8) is 0 Å². The van der Waals surface area contributed by atoms with Crippen LogP contribution in [-0.2, 0) is 6.42 Å². The highest BCUT2D eigenvalue weighted by molar-refractivity contribution is 6.31. The van der Waals surface area contributed by atoms with Gasteiger partial charge in [0, 0.05) is 16.1 Å². The summed E-state index contributed by atoms with van der Waals surface area (Å²) in [7, 11) is 0. The Bertz CT molecular complexity index is 359. The number of phenols is 1. The highest BCUT2D eigenvalue weighted by atomic mass is 35.5. The van der Waals surface area contributed by atoms with Gasteiger partial charge in [0.25, 0.3) is 0 Å². The molecule has 1 aromatic rings. The predicted molar refractivity (Wildman–Crippen MR) is 59.8 cm³/mol. The number of rotatable bonds is 2. The molecule has 0 amide bonds. The summed E-state index contributed by atoms with van der Waals surface area (Å²) in [5.41, 5.74) is 6.47. The predicted octanol–water partition coefficient (Wildman–Crippen LogP) is 2.77. The summed E-state index contributed by atoms with van der Waals surface area (Å²) < 4.78 is 13.2. The van der Waals surface area contributed by atoms with Crippen LogP contribution in [0, 0.1) is 12.7 Å². The molecule has 0 aliphatic carbocycles. The molecular weight excluding hydrogens is 217 g/mol. The molecule has 0 spiro atoms. The molecule has 84 valence electrons. The van der Waals surface area contributed by atoms with E-state index in [1.54, 1.807) is 6.92 Å². The average molecular weight is 232 g/mol. The summed E-state index contributed by atoms with van der Waals surface area (Å²) >= 11 is 5.83. The molecule has 0 aromatic heterocycles. The van der Waals surface area contributed by atoms with Crippen molar-refractivity contribution in [2.75, 3.05) is 0 Å². The molecule has 0 radical (unpaired) electrons. The first-order valence-electron chi connectivity index (χ1n) is 4.67. The van der Waals surface area contributed by atoms with Crippen LogP contribution >= 0.6 is 11.6 Å². The van der Waals surface area contributed by atoms with Gasteiger partial charge in [-0.3, -0.25) is 0 Å². The Hall–Kier alpha value is -0.800. The topological polar surface area (TPSA) is 46.2 Å². The maximum atomic E-state index is 13.2. The van der Waals surface area contributed by atoms with Gasteiger partial charge in [0.1, 0.15) is 0 Å². The zero-order chi connectivity index (χ0) is 11.8. The first-order valence-corrected chi connectivity index (χ1v) is 5.05. The van der Waals surface area contributed by atoms with Crippen LogP contribution in [0.4, 0.5) is 4.39 Å². The van der Waals surface area contributed by atoms with Gasteiger partial charge >= 0.3 is 0 Å². The minimum Gasteiger partial charge on any atom is -0.505 e. The molecule has 15 heavy (non-hydrogen) atoms. The van der Waals surface area contributed by atoms with Gasteiger partial charge in [0.15, 0.2) is 11.6 Å². The van der Waals surface area contributed by atoms with Crippen LogP contribution in [0.1, 0.15) is 25.0 Å². The van der Waals surface area contributed by atoms with E-state index >= 15 is 0 Å². The normalized spacial score (nSPS) is 11.9. The number of aromatic hydroxyl groups is 1. The molecule has 0 aliphatic rings. The van der Waals surface area contributed by atoms with Gasteiger partial charge in [-0.05, 0) is 38.8 Å². The van der Waals surface area contributed by atoms with Crippen molar-refractivity contribution in [2.24, 2.45) is 5.73 Å². The van der Waals surface area contributed by atoms with Crippen molar-refractivity contribution in [1.82, 2.24) is 0 Å². The minimum absolute atomic E-state index is 0.310. The maximum absolute atomic E-state index is 13.2. The molecule has 0 fully saturated rings. The summed E-state index contributed by atoms with van der Waals surface area (Å²) in [4.78, 5) is 0. The standard InChI is InChI=1S/C11H15ClFNO/c1-6-7(5-11(2,3)14)10(15)9(13)4-8(6)12/h4,15H,5,14H2,1-3H3. The van der Waals surface area contributed by atoms with Crippen LogP contribution in [0.5, 0.6) is 5.75 Å². The number of phenolic OH excluding ortho intramolecular Hbond substituents is 1. The van der Waals surface area contributed by atoms with E-state index in [1.165, 1.54) is 0 Å². The van der Waals surface area contributed by atoms with Gasteiger partial charge in [-0.25, -0.2) is 4.39 Å². The molecule has 4 heteroatoms. The largest absolute Gasteiger partial charge is 0.505 e. The van der Waals surface area contributed by atoms with Gasteiger partial charge in [0.2, 0.25) is 0 Å². The Morgan fingerprint density at radius 2 is 2.07 bits per heavy atom. The van der Waals surface area contributed by atoms with Gasteiger partial charge in [0.05, 0.1) is 0 Å². The number of hydrogen-bond donors (Lipinski definition) is 2. The second-order valence-electron chi connectivity index (χ2n) is 4.46. The molecule has 3 N–H and O–H groups in total. The fourth-order valence-corrected chi connectivity index (χ4v) is 1.64. The van der Waals surface area contributed by atoms with Crippen molar-refractivity contribution in [3.05, 3.63) is 28.0 Å². The van der Waals surface area contributed by atoms with E-state index in [9.17, 15) is 9.50 Å². The van der Waals surface area contributed by atoms with E-state index < -0.39 is 11.4 Å². The van der Waals surface area contributed by atoms with Crippen LogP contribution < -0.4 is 5.73 Å². The molecule has 1 aromatic carbocycles. The van der Waals surface area contributed by atoms with Gasteiger partial charge in [-0.15, -0.1) is 0 Å². The highest BCUT2D eigenvalue weighted by Gasteiger charge is 2.20. The lowest BCUT2D eigenvalue weighted by atomic mass is 9.92. The number of nitrogens with two attached hydrogens (primary N) is 1. The van der Waals surface area contributed by atoms with E-state index in [0.717, 1.165) is 6.07 Å². The third-order valence-electron chi connectivity index (χ3n) is 2.21. The Balaban J connectivity index is 3.27. The van der Waals surface area contributed by atoms with E-state index in [4.69, 9.17) is 17.3 Å². The number of halogens is 2. The molecule has 0 atom stereocenters. The molecule has 0 saturated heterocycles. The van der Waals surface area contributed by atoms with Crippen molar-refractivity contribution in [3.8, 4) is 5.75 Å². The van der Waals surface area contributed by atoms with Crippen LogP contribution in [0.25, 0.3) is 0 Å². The molecular formula is C11H15ClFNO. The maximum Gasteiger partial charge on any atom is 0.166 e. The van der Waals surface area contributed by atoms with Gasteiger partial charge in [-0.2, -0.15) is 0 Å². The third-order valence-corrected chi connectivity index (χ3v) is 2.60. The van der Waals surface area contributed by atoms with Crippen molar-refractivity contribution < 1.29 is 9.50 Å². The summed E-state index contributed by atoms with van der Waals surface area (Å²) in [5, 5.41) is 9.89. The van der Waals surface area contributed by atoms with Crippen LogP contribution in [0.3, 0.4) is 0 Å². The van der Waals surface area contributed by atoms with Crippen LogP contribution in [-0.4, -0.2) is 10.6 Å². The molecule has 0 saturated carbocycles. The lowest BCUT2D eigenvalue weighted by Crippen LogP contribution is -2.34. The van der Waals surface area contributed by atoms with Crippen LogP contribution in [0.2, 0.25) is 5.02 Å². The number of hydrogen-bond acceptors (Lipinski definition) is 2. The Morgan fingerprint density at radius 3 is 2.53 bits per heavy atom. The lowest BCUT2D eigenvalue weighted by Gasteiger charge is -2.21. The zero-order valence-electron chi connectivity index (χ0n) is 9.06. The summed E-state index contributed by atoms with van der Waals surface area (Å²) in [6.07, 6.45) is 0.377. The second kappa shape index (κ2) is 3.99. The quantitative estimate of drug-likeness (QED) is 0.822. The molecule has 0 heterocycles. The van der Waals surface area contributed by atoms with E-state index in [0.29, 0.717) is 22.6 Å². The van der Waals surface area contributed by atoms with Crippen molar-refractivity contribution >= 4 is 11.6 Å². The second-order valence-corrected chi connectivity index (χ2v) is 4.86. The van der Waals surface area contributed by atoms with Crippen molar-refractivity contribution in [2.45, 2.75) is 32.7 Å². The van der Waals surface area contributed by atoms with Gasteiger partial charge in [-0.1, -0.05) is 11.6 Å². The Labute approximate surface area is 93.9 Å². The third kappa shape index (κ3) is 2.83. The van der Waals surface area contributed by atoms with E-state index in [1.807, 2.05) is 13.8 Å². The highest BCUT2D eigenvalue weighted by Crippen LogP contribution is 2.32. The fraction of sp³-hybridized carbons (Fsp3) is 0.455. The van der Waals surface area contributed by atoms with E-state index in [2.05, 4.69) is 0 Å². The first-order chi connectivity index (χ1) is 6.72. The van der Waals surface area contributed by atoms with Crippen LogP contribution in [0.15, 0.2) is 6.07 Å². The first kappa shape index (κ1) is 12.3. The van der Waals surface area contributed by atoms with E-state index in [-0.39, 0.29) is 5.75 Å². The zero-order valence-corrected chi connectivity index (χ0v) is 9.82. The summed E-state index contributed by atoms with van der Waals surface area (Å²) in [6.45, 7) is 5.36. The summed E-state index contributed by atoms with van der Waals surface area (Å²) in [6, 6.07) is 1.11. The fourth-order valence-electron chi connectivity index (χ4n) is 1.43.